The summed E-state index contributed by atoms with van der Waals surface area (Å²) in [5, 5.41) is 0. The number of rotatable bonds is 5. The van der Waals surface area contributed by atoms with Crippen molar-refractivity contribution in [2.24, 2.45) is 4.15 Å². The topological polar surface area (TPSA) is 56.2 Å². The molecule has 0 amide bonds. The van der Waals surface area contributed by atoms with Gasteiger partial charge in [-0.15, -0.1) is 4.15 Å². The number of aryl methyl sites for hydroxylation is 1. The third-order valence-corrected chi connectivity index (χ3v) is 11.2. The zero-order chi connectivity index (χ0) is 22.1. The molecule has 0 saturated carbocycles. The van der Waals surface area contributed by atoms with E-state index < -0.39 is 17.5 Å². The minimum Gasteiger partial charge on any atom is -0.308 e. The molecule has 8 heteroatoms. The summed E-state index contributed by atoms with van der Waals surface area (Å²) >= 11 is 0. The lowest BCUT2D eigenvalue weighted by Crippen LogP contribution is -2.30. The summed E-state index contributed by atoms with van der Waals surface area (Å²) in [6.45, 7) is 3.29. The largest absolute Gasteiger partial charge is 0.308 e. The van der Waals surface area contributed by atoms with E-state index in [1.807, 2.05) is 98.5 Å². The van der Waals surface area contributed by atoms with Crippen molar-refractivity contribution in [2.45, 2.75) is 11.8 Å². The van der Waals surface area contributed by atoms with Crippen LogP contribution < -0.4 is 9.34 Å². The summed E-state index contributed by atoms with van der Waals surface area (Å²) in [7, 11) is -2.91. The smallest absolute Gasteiger partial charge is 0.285 e. The monoisotopic (exact) mass is 454 g/mol. The van der Waals surface area contributed by atoms with Crippen LogP contribution in [-0.2, 0) is 10.0 Å². The fourth-order valence-electron chi connectivity index (χ4n) is 3.85. The van der Waals surface area contributed by atoms with Crippen molar-refractivity contribution < 1.29 is 8.42 Å². The third-order valence-electron chi connectivity index (χ3n) is 5.35. The lowest BCUT2D eigenvalue weighted by atomic mass is 10.2. The number of benzene rings is 3. The summed E-state index contributed by atoms with van der Waals surface area (Å²) in [4.78, 5) is 0.215. The number of anilines is 2. The molecule has 6 nitrogen and oxygen atoms in total. The minimum atomic E-state index is -3.90. The average Bonchev–Trinajstić information content (AvgIpc) is 3.15. The predicted octanol–water partition coefficient (Wildman–Crippen LogP) is 5.22. The molecule has 0 atom stereocenters. The van der Waals surface area contributed by atoms with E-state index in [1.54, 1.807) is 12.1 Å². The molecule has 0 aromatic heterocycles. The number of hydrogen-bond donors (Lipinski definition) is 0. The fraction of sp³-hybridized carbons (Fsp3) is 0.217. The molecular formula is C23H27N4O2PS. The summed E-state index contributed by atoms with van der Waals surface area (Å²) in [6.07, 6.45) is 0. The second-order valence-corrected chi connectivity index (χ2v) is 12.6. The van der Waals surface area contributed by atoms with E-state index in [2.05, 4.69) is 9.34 Å². The van der Waals surface area contributed by atoms with Crippen molar-refractivity contribution in [1.29, 1.82) is 0 Å². The van der Waals surface area contributed by atoms with E-state index in [1.165, 1.54) is 0 Å². The molecule has 1 fully saturated rings. The molecule has 0 bridgehead atoms. The maximum atomic E-state index is 13.5. The Kier molecular flexibility index (Phi) is 5.93. The van der Waals surface area contributed by atoms with Crippen molar-refractivity contribution in [3.8, 4) is 0 Å². The lowest BCUT2D eigenvalue weighted by Gasteiger charge is -2.41. The second kappa shape index (κ2) is 8.50. The van der Waals surface area contributed by atoms with Crippen LogP contribution in [0, 0.1) is 6.92 Å². The van der Waals surface area contributed by atoms with Crippen molar-refractivity contribution >= 4 is 28.9 Å². The summed E-state index contributed by atoms with van der Waals surface area (Å²) in [5.41, 5.74) is 2.94. The Labute approximate surface area is 185 Å². The third kappa shape index (κ3) is 4.01. The molecule has 1 aliphatic heterocycles. The highest BCUT2D eigenvalue weighted by Gasteiger charge is 2.45. The van der Waals surface area contributed by atoms with E-state index in [4.69, 9.17) is 4.15 Å². The number of para-hydroxylation sites is 2. The van der Waals surface area contributed by atoms with Crippen molar-refractivity contribution in [1.82, 2.24) is 4.67 Å². The Morgan fingerprint density at radius 1 is 0.774 bits per heavy atom. The Morgan fingerprint density at radius 3 is 1.65 bits per heavy atom. The second-order valence-electron chi connectivity index (χ2n) is 7.67. The van der Waals surface area contributed by atoms with Gasteiger partial charge in [-0.1, -0.05) is 54.1 Å². The minimum absolute atomic E-state index is 0.215. The van der Waals surface area contributed by atoms with E-state index in [0.717, 1.165) is 16.9 Å². The molecule has 3 aromatic carbocycles. The maximum Gasteiger partial charge on any atom is 0.285 e. The Morgan fingerprint density at radius 2 is 1.23 bits per heavy atom. The first kappa shape index (κ1) is 21.6. The molecule has 31 heavy (non-hydrogen) atoms. The van der Waals surface area contributed by atoms with Gasteiger partial charge in [-0.3, -0.25) is 0 Å². The SMILES string of the molecule is Cc1ccc(S(=O)(=O)N=P2(N(C)C)N(c3ccccc3)CCN2c2ccccc2)cc1. The van der Waals surface area contributed by atoms with Crippen molar-refractivity contribution in [2.75, 3.05) is 36.5 Å². The van der Waals surface area contributed by atoms with Crippen LogP contribution in [0.3, 0.4) is 0 Å². The summed E-state index contributed by atoms with van der Waals surface area (Å²) < 4.78 is 38.1. The lowest BCUT2D eigenvalue weighted by molar-refractivity contribution is 0.596. The van der Waals surface area contributed by atoms with Crippen LogP contribution in [0.4, 0.5) is 11.4 Å². The standard InChI is InChI=1S/C23H27N4O2PS/c1-20-14-16-23(17-15-20)31(28,29)24-30(25(2)3)26(21-10-6-4-7-11-21)18-19-27(30)22-12-8-5-9-13-22/h4-17H,18-19H2,1-3H3. The Bertz CT molecular complexity index is 1150. The predicted molar refractivity (Wildman–Crippen MR) is 129 cm³/mol. The first-order valence-corrected chi connectivity index (χ1v) is 13.2. The van der Waals surface area contributed by atoms with Crippen molar-refractivity contribution in [3.05, 3.63) is 90.5 Å². The van der Waals surface area contributed by atoms with Gasteiger partial charge in [0, 0.05) is 24.5 Å². The zero-order valence-corrected chi connectivity index (χ0v) is 19.7. The van der Waals surface area contributed by atoms with Crippen LogP contribution in [0.2, 0.25) is 0 Å². The van der Waals surface area contributed by atoms with Crippen LogP contribution in [0.15, 0.2) is 94.0 Å². The van der Waals surface area contributed by atoms with Crippen LogP contribution in [0.5, 0.6) is 0 Å². The Balaban J connectivity index is 1.98. The van der Waals surface area contributed by atoms with Crippen LogP contribution in [-0.4, -0.2) is 40.3 Å². The highest BCUT2D eigenvalue weighted by molar-refractivity contribution is 7.94. The van der Waals surface area contributed by atoms with Crippen LogP contribution in [0.1, 0.15) is 5.56 Å². The van der Waals surface area contributed by atoms with Gasteiger partial charge >= 0.3 is 0 Å². The van der Waals surface area contributed by atoms with Gasteiger partial charge in [0.2, 0.25) is 7.51 Å². The van der Waals surface area contributed by atoms with Gasteiger partial charge < -0.3 is 9.34 Å². The van der Waals surface area contributed by atoms with E-state index >= 15 is 0 Å². The summed E-state index contributed by atoms with van der Waals surface area (Å²) in [6, 6.07) is 26.8. The molecule has 1 aliphatic rings. The number of hydrogen-bond acceptors (Lipinski definition) is 2. The van der Waals surface area contributed by atoms with Gasteiger partial charge in [-0.25, -0.2) is 4.67 Å². The molecule has 0 unspecified atom stereocenters. The van der Waals surface area contributed by atoms with Gasteiger partial charge in [0.25, 0.3) is 10.0 Å². The average molecular weight is 455 g/mol. The molecular weight excluding hydrogens is 427 g/mol. The van der Waals surface area contributed by atoms with Crippen LogP contribution >= 0.6 is 7.51 Å². The highest BCUT2D eigenvalue weighted by atomic mass is 32.2. The first-order chi connectivity index (χ1) is 14.8. The maximum absolute atomic E-state index is 13.5. The van der Waals surface area contributed by atoms with Crippen molar-refractivity contribution in [3.63, 3.8) is 0 Å². The molecule has 0 N–H and O–H groups in total. The van der Waals surface area contributed by atoms with E-state index in [9.17, 15) is 8.42 Å². The zero-order valence-electron chi connectivity index (χ0n) is 18.0. The van der Waals surface area contributed by atoms with Gasteiger partial charge in [-0.2, -0.15) is 8.42 Å². The van der Waals surface area contributed by atoms with Gasteiger partial charge in [-0.05, 0) is 57.4 Å². The summed E-state index contributed by atoms with van der Waals surface area (Å²) in [5.74, 6) is 0. The normalized spacial score (nSPS) is 16.0. The Hall–Kier alpha value is -2.60. The quantitative estimate of drug-likeness (QED) is 0.495. The molecule has 1 heterocycles. The van der Waals surface area contributed by atoms with Gasteiger partial charge in [0.15, 0.2) is 0 Å². The van der Waals surface area contributed by atoms with Gasteiger partial charge in [0.1, 0.15) is 0 Å². The highest BCUT2D eigenvalue weighted by Crippen LogP contribution is 2.64. The molecule has 0 radical (unpaired) electrons. The van der Waals surface area contributed by atoms with Crippen LogP contribution in [0.25, 0.3) is 0 Å². The fourth-order valence-corrected chi connectivity index (χ4v) is 9.88. The van der Waals surface area contributed by atoms with Gasteiger partial charge in [0.05, 0.1) is 4.90 Å². The van der Waals surface area contributed by atoms with E-state index in [0.29, 0.717) is 13.1 Å². The van der Waals surface area contributed by atoms with E-state index in [-0.39, 0.29) is 4.90 Å². The number of nitrogens with zero attached hydrogens (tertiary/aromatic N) is 4. The molecule has 162 valence electrons. The first-order valence-electron chi connectivity index (χ1n) is 10.1. The molecule has 1 saturated heterocycles. The molecule has 0 aliphatic carbocycles. The molecule has 3 aromatic rings. The molecule has 4 rings (SSSR count). The molecule has 0 spiro atoms. The number of sulfonamides is 1.